The van der Waals surface area contributed by atoms with Crippen molar-refractivity contribution in [1.82, 2.24) is 9.13 Å². The van der Waals surface area contributed by atoms with Gasteiger partial charge in [0.25, 0.3) is 0 Å². The number of quaternary nitrogens is 1. The highest BCUT2D eigenvalue weighted by atomic mass is 35.5. The highest BCUT2D eigenvalue weighted by molar-refractivity contribution is 7.71. The number of para-hydroxylation sites is 1. The molecule has 1 N–H and O–H groups in total. The molecule has 2 heterocycles. The molecule has 0 saturated carbocycles. The maximum Gasteiger partial charge on any atom is 0.189 e. The van der Waals surface area contributed by atoms with Crippen molar-refractivity contribution < 1.29 is 4.90 Å². The number of aryl methyl sites for hydroxylation is 1. The van der Waals surface area contributed by atoms with Crippen molar-refractivity contribution in [3.63, 3.8) is 0 Å². The number of hydrogen-bond acceptors (Lipinski definition) is 1. The van der Waals surface area contributed by atoms with Crippen LogP contribution in [-0.4, -0.2) is 22.2 Å². The van der Waals surface area contributed by atoms with Crippen molar-refractivity contribution in [3.05, 3.63) is 112 Å². The van der Waals surface area contributed by atoms with Crippen LogP contribution in [0.2, 0.25) is 5.02 Å². The van der Waals surface area contributed by atoms with E-state index >= 15 is 0 Å². The zero-order valence-electron chi connectivity index (χ0n) is 18.7. The summed E-state index contributed by atoms with van der Waals surface area (Å²) >= 11 is 12.2. The molecule has 33 heavy (non-hydrogen) atoms. The van der Waals surface area contributed by atoms with E-state index in [4.69, 9.17) is 23.8 Å². The lowest BCUT2D eigenvalue weighted by Crippen LogP contribution is -3.11. The average molecular weight is 473 g/mol. The molecule has 0 amide bonds. The third-order valence-corrected chi connectivity index (χ3v) is 7.04. The molecule has 0 fully saturated rings. The molecule has 1 unspecified atom stereocenters. The van der Waals surface area contributed by atoms with E-state index in [-0.39, 0.29) is 0 Å². The van der Waals surface area contributed by atoms with Gasteiger partial charge in [-0.3, -0.25) is 9.13 Å². The second-order valence-electron chi connectivity index (χ2n) is 8.60. The van der Waals surface area contributed by atoms with E-state index in [9.17, 15) is 0 Å². The summed E-state index contributed by atoms with van der Waals surface area (Å²) in [5.41, 5.74) is 7.29. The number of aromatic nitrogens is 2. The number of halogens is 1. The van der Waals surface area contributed by atoms with Gasteiger partial charge in [-0.15, -0.1) is 0 Å². The third-order valence-electron chi connectivity index (χ3n) is 6.38. The first-order valence-corrected chi connectivity index (χ1v) is 12.1. The first kappa shape index (κ1) is 21.9. The van der Waals surface area contributed by atoms with Gasteiger partial charge in [-0.2, -0.15) is 0 Å². The molecule has 1 aliphatic rings. The zero-order chi connectivity index (χ0) is 22.8. The molecule has 3 aromatic carbocycles. The van der Waals surface area contributed by atoms with Crippen LogP contribution >= 0.6 is 23.8 Å². The lowest BCUT2D eigenvalue weighted by Gasteiger charge is -2.24. The topological polar surface area (TPSA) is 14.3 Å². The maximum atomic E-state index is 6.16. The quantitative estimate of drug-likeness (QED) is 0.353. The summed E-state index contributed by atoms with van der Waals surface area (Å²) in [6, 6.07) is 27.1. The van der Waals surface area contributed by atoms with E-state index in [0.717, 1.165) is 52.9 Å². The van der Waals surface area contributed by atoms with Gasteiger partial charge >= 0.3 is 0 Å². The number of benzene rings is 3. The number of nitrogens with zero attached hydrogens (tertiary/aromatic N) is 2. The molecule has 0 saturated heterocycles. The Hall–Kier alpha value is -2.92. The van der Waals surface area contributed by atoms with E-state index < -0.39 is 0 Å². The van der Waals surface area contributed by atoms with Crippen molar-refractivity contribution in [2.45, 2.75) is 20.0 Å². The first-order chi connectivity index (χ1) is 16.1. The van der Waals surface area contributed by atoms with Gasteiger partial charge in [-0.25, -0.2) is 0 Å². The van der Waals surface area contributed by atoms with Crippen molar-refractivity contribution in [2.24, 2.45) is 0 Å². The third kappa shape index (κ3) is 4.60. The van der Waals surface area contributed by atoms with Crippen LogP contribution in [0.4, 0.5) is 0 Å². The van der Waals surface area contributed by atoms with Crippen molar-refractivity contribution in [3.8, 4) is 16.9 Å². The fourth-order valence-corrected chi connectivity index (χ4v) is 5.00. The van der Waals surface area contributed by atoms with Crippen LogP contribution in [0.15, 0.2) is 91.1 Å². The predicted molar refractivity (Wildman–Crippen MR) is 140 cm³/mol. The second-order valence-corrected chi connectivity index (χ2v) is 9.40. The van der Waals surface area contributed by atoms with Gasteiger partial charge in [-0.05, 0) is 60.1 Å². The first-order valence-electron chi connectivity index (χ1n) is 11.3. The van der Waals surface area contributed by atoms with Crippen LogP contribution in [-0.2, 0) is 6.67 Å². The van der Waals surface area contributed by atoms with E-state index in [1.54, 1.807) is 0 Å². The van der Waals surface area contributed by atoms with E-state index in [0.29, 0.717) is 0 Å². The Labute approximate surface area is 205 Å². The van der Waals surface area contributed by atoms with Gasteiger partial charge in [0.2, 0.25) is 0 Å². The molecular formula is C28H27ClN3S+. The summed E-state index contributed by atoms with van der Waals surface area (Å²) in [6.07, 6.45) is 5.66. The molecule has 166 valence electrons. The Morgan fingerprint density at radius 1 is 0.909 bits per heavy atom. The molecule has 0 aliphatic carbocycles. The maximum absolute atomic E-state index is 6.16. The Morgan fingerprint density at radius 2 is 1.64 bits per heavy atom. The van der Waals surface area contributed by atoms with Gasteiger partial charge in [-0.1, -0.05) is 72.3 Å². The summed E-state index contributed by atoms with van der Waals surface area (Å²) in [5.74, 6) is 0. The van der Waals surface area contributed by atoms with Gasteiger partial charge in [0, 0.05) is 23.2 Å². The van der Waals surface area contributed by atoms with Crippen molar-refractivity contribution in [2.75, 3.05) is 13.1 Å². The fraction of sp³-hybridized carbons (Fsp3) is 0.179. The van der Waals surface area contributed by atoms with Crippen molar-refractivity contribution >= 4 is 29.4 Å². The Morgan fingerprint density at radius 3 is 2.33 bits per heavy atom. The van der Waals surface area contributed by atoms with Gasteiger partial charge in [0.1, 0.15) is 0 Å². The number of hydrogen-bond donors (Lipinski definition) is 1. The number of rotatable bonds is 5. The van der Waals surface area contributed by atoms with Gasteiger partial charge in [0.05, 0.1) is 24.5 Å². The molecule has 4 aromatic rings. The van der Waals surface area contributed by atoms with Crippen LogP contribution in [0, 0.1) is 11.7 Å². The minimum Gasteiger partial charge on any atom is -0.314 e. The average Bonchev–Trinajstić information content (AvgIpc) is 3.16. The molecule has 0 spiro atoms. The van der Waals surface area contributed by atoms with Crippen LogP contribution in [0.5, 0.6) is 0 Å². The van der Waals surface area contributed by atoms with Gasteiger partial charge in [0.15, 0.2) is 11.4 Å². The summed E-state index contributed by atoms with van der Waals surface area (Å²) in [7, 11) is 0. The van der Waals surface area contributed by atoms with Gasteiger partial charge < -0.3 is 4.90 Å². The highest BCUT2D eigenvalue weighted by Crippen LogP contribution is 2.28. The molecule has 1 aliphatic heterocycles. The summed E-state index contributed by atoms with van der Waals surface area (Å²) in [4.78, 5) is 1.51. The molecule has 5 heteroatoms. The Kier molecular flexibility index (Phi) is 6.32. The van der Waals surface area contributed by atoms with Crippen LogP contribution in [0.1, 0.15) is 17.5 Å². The normalized spacial score (nSPS) is 15.9. The molecule has 0 radical (unpaired) electrons. The van der Waals surface area contributed by atoms with Crippen LogP contribution in [0.25, 0.3) is 22.5 Å². The number of nitrogens with one attached hydrogen (secondary N) is 1. The van der Waals surface area contributed by atoms with Crippen LogP contribution in [0.3, 0.4) is 0 Å². The summed E-state index contributed by atoms with van der Waals surface area (Å²) in [6.45, 7) is 5.06. The largest absolute Gasteiger partial charge is 0.314 e. The minimum absolute atomic E-state index is 0.734. The zero-order valence-corrected chi connectivity index (χ0v) is 20.2. The summed E-state index contributed by atoms with van der Waals surface area (Å²) in [5, 5.41) is 0.734. The smallest absolute Gasteiger partial charge is 0.189 e. The number of imidazole rings is 1. The molecule has 0 bridgehead atoms. The Balaban J connectivity index is 1.48. The van der Waals surface area contributed by atoms with Crippen molar-refractivity contribution in [1.29, 1.82) is 0 Å². The molecule has 1 aromatic heterocycles. The minimum atomic E-state index is 0.734. The lowest BCUT2D eigenvalue weighted by molar-refractivity contribution is -0.918. The molecule has 5 rings (SSSR count). The summed E-state index contributed by atoms with van der Waals surface area (Å²) < 4.78 is 5.24. The predicted octanol–water partition coefficient (Wildman–Crippen LogP) is 5.97. The monoisotopic (exact) mass is 472 g/mol. The molecular weight excluding hydrogens is 446 g/mol. The highest BCUT2D eigenvalue weighted by Gasteiger charge is 2.19. The Bertz CT molecular complexity index is 1350. The molecule has 1 atom stereocenters. The SMILES string of the molecule is Cc1ccccc1-n1c(-c2ccc(Cl)cc2)cn(C[NH+]2CC=C(c3ccccc3)CC2)c1=S. The van der Waals surface area contributed by atoms with E-state index in [1.165, 1.54) is 21.6 Å². The molecule has 3 nitrogen and oxygen atoms in total. The lowest BCUT2D eigenvalue weighted by atomic mass is 10.00. The standard InChI is InChI=1S/C28H26ClN3S/c1-21-7-5-6-10-26(21)32-27(24-11-13-25(29)14-12-24)19-31(28(32)33)20-30-17-15-23(16-18-30)22-8-3-2-4-9-22/h2-15,19H,16-18,20H2,1H3/p+1. The van der Waals surface area contributed by atoms with Crippen LogP contribution < -0.4 is 4.90 Å². The van der Waals surface area contributed by atoms with E-state index in [2.05, 4.69) is 95.1 Å². The fourth-order valence-electron chi connectivity index (χ4n) is 4.56. The van der Waals surface area contributed by atoms with E-state index in [1.807, 2.05) is 12.1 Å². The second kappa shape index (κ2) is 9.52.